The van der Waals surface area contributed by atoms with E-state index in [1.54, 1.807) is 20.0 Å². The van der Waals surface area contributed by atoms with Gasteiger partial charge in [0.2, 0.25) is 5.91 Å². The van der Waals surface area contributed by atoms with Crippen LogP contribution in [-0.4, -0.2) is 85.0 Å². The van der Waals surface area contributed by atoms with Gasteiger partial charge in [0.25, 0.3) is 0 Å². The summed E-state index contributed by atoms with van der Waals surface area (Å²) in [6.45, 7) is 4.90. The third-order valence-electron chi connectivity index (χ3n) is 6.11. The third-order valence-corrected chi connectivity index (χ3v) is 7.24. The van der Waals surface area contributed by atoms with Gasteiger partial charge in [0, 0.05) is 23.5 Å². The summed E-state index contributed by atoms with van der Waals surface area (Å²) >= 11 is 0. The molecule has 0 saturated carbocycles. The molecule has 0 spiro atoms. The maximum absolute atomic E-state index is 13.1. The molecule has 13 nitrogen and oxygen atoms in total. The zero-order chi connectivity index (χ0) is 27.5. The molecule has 3 rings (SSSR count). The van der Waals surface area contributed by atoms with Gasteiger partial charge in [0.15, 0.2) is 6.29 Å². The molecule has 1 saturated heterocycles. The van der Waals surface area contributed by atoms with E-state index in [1.165, 1.54) is 6.92 Å². The second kappa shape index (κ2) is 12.0. The molecule has 1 amide bonds. The van der Waals surface area contributed by atoms with Gasteiger partial charge in [-0.2, -0.15) is 0 Å². The Morgan fingerprint density at radius 1 is 1.14 bits per heavy atom. The Morgan fingerprint density at radius 2 is 1.81 bits per heavy atom. The molecule has 2 heterocycles. The molecular formula is C23H34N3O10P. The summed E-state index contributed by atoms with van der Waals surface area (Å²) in [6.07, 6.45) is -6.08. The van der Waals surface area contributed by atoms with Crippen LogP contribution in [0.3, 0.4) is 0 Å². The number of carboxylic acid groups (broad SMARTS) is 1. The van der Waals surface area contributed by atoms with Crippen molar-refractivity contribution in [1.82, 2.24) is 15.4 Å². The average molecular weight is 544 g/mol. The Balaban J connectivity index is 1.72. The lowest BCUT2D eigenvalue weighted by Gasteiger charge is -2.39. The average Bonchev–Trinajstić information content (AvgIpc) is 3.22. The molecule has 0 bridgehead atoms. The van der Waals surface area contributed by atoms with Gasteiger partial charge in [-0.3, -0.25) is 9.32 Å². The summed E-state index contributed by atoms with van der Waals surface area (Å²) in [5, 5.41) is 45.0. The minimum absolute atomic E-state index is 0.0347. The van der Waals surface area contributed by atoms with E-state index in [9.17, 15) is 39.5 Å². The number of ether oxygens (including phenoxy) is 1. The Bertz CT molecular complexity index is 1140. The smallest absolute Gasteiger partial charge is 0.406 e. The van der Waals surface area contributed by atoms with Gasteiger partial charge in [0.1, 0.15) is 24.4 Å². The monoisotopic (exact) mass is 543 g/mol. The van der Waals surface area contributed by atoms with Crippen molar-refractivity contribution >= 4 is 30.5 Å². The quantitative estimate of drug-likeness (QED) is 0.180. The lowest BCUT2D eigenvalue weighted by molar-refractivity contribution is -0.270. The van der Waals surface area contributed by atoms with Gasteiger partial charge < -0.3 is 40.4 Å². The van der Waals surface area contributed by atoms with Crippen LogP contribution in [0.1, 0.15) is 32.8 Å². The van der Waals surface area contributed by atoms with Crippen LogP contribution >= 0.6 is 7.75 Å². The molecule has 1 aromatic heterocycles. The van der Waals surface area contributed by atoms with E-state index in [0.29, 0.717) is 5.56 Å². The minimum atomic E-state index is -4.83. The summed E-state index contributed by atoms with van der Waals surface area (Å²) < 4.78 is 23.0. The highest BCUT2D eigenvalue weighted by Crippen LogP contribution is 2.42. The van der Waals surface area contributed by atoms with Crippen LogP contribution in [0, 0.1) is 5.92 Å². The molecule has 1 unspecified atom stereocenters. The predicted molar refractivity (Wildman–Crippen MR) is 131 cm³/mol. The van der Waals surface area contributed by atoms with E-state index in [0.717, 1.165) is 10.9 Å². The van der Waals surface area contributed by atoms with Crippen molar-refractivity contribution in [3.63, 3.8) is 0 Å². The van der Waals surface area contributed by atoms with E-state index in [4.69, 9.17) is 9.26 Å². The summed E-state index contributed by atoms with van der Waals surface area (Å²) in [5.41, 5.74) is 1.48. The lowest BCUT2D eigenvalue weighted by Crippen LogP contribution is -2.57. The van der Waals surface area contributed by atoms with Crippen LogP contribution in [0.15, 0.2) is 30.5 Å². The Kier molecular flexibility index (Phi) is 9.48. The number of para-hydroxylation sites is 1. The largest absolute Gasteiger partial charge is 0.480 e. The van der Waals surface area contributed by atoms with Crippen molar-refractivity contribution in [3.8, 4) is 0 Å². The Morgan fingerprint density at radius 3 is 2.46 bits per heavy atom. The van der Waals surface area contributed by atoms with E-state index in [2.05, 4.69) is 15.4 Å². The van der Waals surface area contributed by atoms with Crippen molar-refractivity contribution in [1.29, 1.82) is 0 Å². The molecule has 1 aliphatic heterocycles. The van der Waals surface area contributed by atoms with E-state index >= 15 is 0 Å². The van der Waals surface area contributed by atoms with Gasteiger partial charge in [0.05, 0.1) is 12.1 Å². The Labute approximate surface area is 213 Å². The summed E-state index contributed by atoms with van der Waals surface area (Å²) in [7, 11) is -4.83. The van der Waals surface area contributed by atoms with Crippen molar-refractivity contribution in [2.45, 2.75) is 76.4 Å². The zero-order valence-corrected chi connectivity index (χ0v) is 21.5. The summed E-state index contributed by atoms with van der Waals surface area (Å²) in [4.78, 5) is 38.5. The van der Waals surface area contributed by atoms with E-state index < -0.39 is 62.4 Å². The van der Waals surface area contributed by atoms with Gasteiger partial charge in [-0.05, 0) is 30.9 Å². The number of aliphatic hydroxyl groups is 3. The molecular weight excluding hydrogens is 509 g/mol. The first-order valence-electron chi connectivity index (χ1n) is 11.9. The number of fused-ring (bicyclic) bond motifs is 1. The second-order valence-corrected chi connectivity index (χ2v) is 11.1. The highest BCUT2D eigenvalue weighted by molar-refractivity contribution is 7.50. The van der Waals surface area contributed by atoms with Gasteiger partial charge in [-0.1, -0.05) is 32.0 Å². The molecule has 0 aliphatic carbocycles. The number of nitrogens with one attached hydrogen (secondary N) is 3. The Hall–Kier alpha value is -2.35. The fraction of sp³-hybridized carbons (Fsp3) is 0.565. The molecule has 2 aromatic rings. The summed E-state index contributed by atoms with van der Waals surface area (Å²) in [5.74, 6) is -2.27. The van der Waals surface area contributed by atoms with E-state index in [1.807, 2.05) is 24.3 Å². The number of aliphatic carboxylic acids is 1. The van der Waals surface area contributed by atoms with Gasteiger partial charge in [-0.25, -0.2) is 14.4 Å². The van der Waals surface area contributed by atoms with Crippen LogP contribution in [-0.2, 0) is 29.8 Å². The predicted octanol–water partition coefficient (Wildman–Crippen LogP) is 0.229. The number of carboxylic acids is 1. The fourth-order valence-corrected chi connectivity index (χ4v) is 5.28. The van der Waals surface area contributed by atoms with Gasteiger partial charge >= 0.3 is 13.7 Å². The molecule has 8 N–H and O–H groups in total. The number of carbonyl (C=O) groups is 2. The van der Waals surface area contributed by atoms with Crippen LogP contribution < -0.4 is 10.4 Å². The zero-order valence-electron chi connectivity index (χ0n) is 20.6. The molecule has 1 aromatic carbocycles. The summed E-state index contributed by atoms with van der Waals surface area (Å²) in [6, 6.07) is 4.63. The number of benzene rings is 1. The number of carbonyl (C=O) groups excluding carboxylic acids is 1. The molecule has 1 fully saturated rings. The van der Waals surface area contributed by atoms with Crippen LogP contribution in [0.2, 0.25) is 0 Å². The number of aromatic nitrogens is 1. The first-order valence-corrected chi connectivity index (χ1v) is 13.4. The third kappa shape index (κ3) is 7.37. The SMILES string of the molecule is CC(C)C[C@H](NP(=O)(O)O[C@@H]1O[C@H](C)[C@H](O)[C@H](O)[C@H]1O)C(=O)N[C@H](Cc1c[nH]c2ccccc12)C(=O)O. The minimum Gasteiger partial charge on any atom is -0.480 e. The van der Waals surface area contributed by atoms with Crippen molar-refractivity contribution in [2.75, 3.05) is 0 Å². The van der Waals surface area contributed by atoms with E-state index in [-0.39, 0.29) is 18.8 Å². The molecule has 37 heavy (non-hydrogen) atoms. The van der Waals surface area contributed by atoms with Crippen molar-refractivity contribution < 1.29 is 48.7 Å². The lowest BCUT2D eigenvalue weighted by atomic mass is 10.0. The number of hydrogen-bond donors (Lipinski definition) is 8. The normalized spacial score (nSPS) is 27.5. The van der Waals surface area contributed by atoms with Crippen LogP contribution in [0.25, 0.3) is 10.9 Å². The maximum atomic E-state index is 13.1. The highest BCUT2D eigenvalue weighted by atomic mass is 31.2. The number of aromatic amines is 1. The fourth-order valence-electron chi connectivity index (χ4n) is 4.15. The number of hydrogen-bond acceptors (Lipinski definition) is 8. The second-order valence-electron chi connectivity index (χ2n) is 9.58. The van der Waals surface area contributed by atoms with Gasteiger partial charge in [-0.15, -0.1) is 0 Å². The molecule has 206 valence electrons. The topological polar surface area (TPSA) is 211 Å². The molecule has 14 heteroatoms. The van der Waals surface area contributed by atoms with Crippen LogP contribution in [0.5, 0.6) is 0 Å². The first kappa shape index (κ1) is 29.2. The number of aliphatic hydroxyl groups excluding tert-OH is 3. The molecule has 1 aliphatic rings. The van der Waals surface area contributed by atoms with Crippen LogP contribution in [0.4, 0.5) is 0 Å². The van der Waals surface area contributed by atoms with Crippen molar-refractivity contribution in [2.24, 2.45) is 5.92 Å². The standard InChI is InChI=1S/C23H34N3O10P/c1-11(2)8-16(26-37(33,34)36-23-20(29)19(28)18(27)12(3)35-23)21(30)25-17(22(31)32)9-13-10-24-15-7-5-4-6-14(13)15/h4-7,10-12,16-20,23-24,27-29H,8-9H2,1-3H3,(H,25,30)(H,31,32)(H2,26,33,34)/t12-,16+,17-,18+,19+,20-,23+/m1/s1. The van der Waals surface area contributed by atoms with Crippen molar-refractivity contribution in [3.05, 3.63) is 36.0 Å². The first-order chi connectivity index (χ1) is 17.3. The highest BCUT2D eigenvalue weighted by Gasteiger charge is 2.45. The molecule has 0 radical (unpaired) electrons. The number of rotatable bonds is 11. The molecule has 8 atom stereocenters. The maximum Gasteiger partial charge on any atom is 0.406 e. The number of H-pyrrole nitrogens is 1. The number of amides is 1.